The second-order valence-corrected chi connectivity index (χ2v) is 6.57. The first-order valence-electron chi connectivity index (χ1n) is 8.05. The fraction of sp³-hybridized carbons (Fsp3) is 0.0500. The van der Waals surface area contributed by atoms with E-state index >= 15 is 0 Å². The van der Waals surface area contributed by atoms with Crippen LogP contribution in [0.1, 0.15) is 32.7 Å². The Morgan fingerprint density at radius 3 is 2.41 bits per heavy atom. The average Bonchev–Trinajstić information content (AvgIpc) is 3.35. The van der Waals surface area contributed by atoms with Crippen molar-refractivity contribution in [2.24, 2.45) is 0 Å². The molecule has 2 aromatic heterocycles. The number of benzene rings is 1. The number of ketones is 1. The number of nitrogens with one attached hydrogen (secondary N) is 2. The summed E-state index contributed by atoms with van der Waals surface area (Å²) in [5.74, 6) is -0.966. The van der Waals surface area contributed by atoms with Gasteiger partial charge in [0.25, 0.3) is 11.8 Å². The van der Waals surface area contributed by atoms with Crippen LogP contribution < -0.4 is 10.6 Å². The topological polar surface area (TPSA) is 88.4 Å². The number of hydrogen-bond acceptors (Lipinski definition) is 5. The molecular weight excluding hydrogens is 364 g/mol. The number of carbonyl (C=O) groups is 3. The number of carbonyl (C=O) groups excluding carboxylic acids is 3. The Balaban J connectivity index is 1.80. The van der Waals surface area contributed by atoms with Crippen LogP contribution in [0, 0.1) is 0 Å². The molecule has 0 spiro atoms. The second kappa shape index (κ2) is 8.29. The molecule has 0 unspecified atom stereocenters. The van der Waals surface area contributed by atoms with Gasteiger partial charge in [0.1, 0.15) is 5.70 Å². The molecule has 0 saturated carbocycles. The number of furan rings is 1. The van der Waals surface area contributed by atoms with Crippen molar-refractivity contribution in [3.63, 3.8) is 0 Å². The minimum absolute atomic E-state index is 0.0585. The molecular formula is C20H16N2O4S. The predicted molar refractivity (Wildman–Crippen MR) is 104 cm³/mol. The zero-order valence-electron chi connectivity index (χ0n) is 14.4. The summed E-state index contributed by atoms with van der Waals surface area (Å²) in [6.45, 7) is 1.47. The van der Waals surface area contributed by atoms with E-state index in [-0.39, 0.29) is 17.2 Å². The zero-order chi connectivity index (χ0) is 19.2. The maximum absolute atomic E-state index is 12.7. The van der Waals surface area contributed by atoms with Gasteiger partial charge in [0.15, 0.2) is 11.5 Å². The molecule has 2 heterocycles. The van der Waals surface area contributed by atoms with Crippen LogP contribution in [0.5, 0.6) is 0 Å². The van der Waals surface area contributed by atoms with Crippen LogP contribution in [0.25, 0.3) is 6.08 Å². The number of anilines is 1. The molecule has 2 N–H and O–H groups in total. The van der Waals surface area contributed by atoms with Crippen molar-refractivity contribution in [1.82, 2.24) is 5.32 Å². The van der Waals surface area contributed by atoms with E-state index < -0.39 is 11.8 Å². The molecule has 7 heteroatoms. The SMILES string of the molecule is CC(=O)c1ccc(NC(=O)C(=Cc2cccs2)NC(=O)c2ccco2)cc1. The maximum Gasteiger partial charge on any atom is 0.291 e. The number of rotatable bonds is 6. The van der Waals surface area contributed by atoms with E-state index in [0.29, 0.717) is 11.3 Å². The first-order chi connectivity index (χ1) is 13.0. The van der Waals surface area contributed by atoms with Crippen LogP contribution in [0.15, 0.2) is 70.3 Å². The maximum atomic E-state index is 12.7. The van der Waals surface area contributed by atoms with E-state index in [9.17, 15) is 14.4 Å². The summed E-state index contributed by atoms with van der Waals surface area (Å²) >= 11 is 1.44. The third kappa shape index (κ3) is 4.80. The molecule has 136 valence electrons. The summed E-state index contributed by atoms with van der Waals surface area (Å²) in [7, 11) is 0. The molecule has 0 aliphatic rings. The van der Waals surface area contributed by atoms with Crippen LogP contribution >= 0.6 is 11.3 Å². The number of thiophene rings is 1. The third-order valence-corrected chi connectivity index (χ3v) is 4.44. The highest BCUT2D eigenvalue weighted by atomic mass is 32.1. The quantitative estimate of drug-likeness (QED) is 0.501. The molecule has 3 aromatic rings. The van der Waals surface area contributed by atoms with Crippen LogP contribution in [0.3, 0.4) is 0 Å². The standard InChI is InChI=1S/C20H16N2O4S/c1-13(23)14-6-8-15(9-7-14)21-19(24)17(12-16-4-3-11-27-16)22-20(25)18-5-2-10-26-18/h2-12H,1H3,(H,21,24)(H,22,25). The van der Waals surface area contributed by atoms with Gasteiger partial charge in [-0.25, -0.2) is 0 Å². The van der Waals surface area contributed by atoms with Gasteiger partial charge in [0, 0.05) is 16.1 Å². The van der Waals surface area contributed by atoms with Gasteiger partial charge in [0.05, 0.1) is 6.26 Å². The van der Waals surface area contributed by atoms with Crippen molar-refractivity contribution in [3.8, 4) is 0 Å². The fourth-order valence-corrected chi connectivity index (χ4v) is 2.91. The van der Waals surface area contributed by atoms with Crippen LogP contribution in [0.2, 0.25) is 0 Å². The van der Waals surface area contributed by atoms with Gasteiger partial charge in [-0.1, -0.05) is 6.07 Å². The van der Waals surface area contributed by atoms with Gasteiger partial charge in [0.2, 0.25) is 0 Å². The number of Topliss-reactive ketones (excluding diaryl/α,β-unsaturated/α-hetero) is 1. The Morgan fingerprint density at radius 2 is 1.81 bits per heavy atom. The minimum Gasteiger partial charge on any atom is -0.459 e. The summed E-state index contributed by atoms with van der Waals surface area (Å²) in [5, 5.41) is 7.16. The summed E-state index contributed by atoms with van der Waals surface area (Å²) in [6.07, 6.45) is 2.97. The summed E-state index contributed by atoms with van der Waals surface area (Å²) in [5.41, 5.74) is 1.14. The van der Waals surface area contributed by atoms with Gasteiger partial charge < -0.3 is 15.1 Å². The zero-order valence-corrected chi connectivity index (χ0v) is 15.2. The van der Waals surface area contributed by atoms with Crippen molar-refractivity contribution in [2.45, 2.75) is 6.92 Å². The van der Waals surface area contributed by atoms with Crippen LogP contribution in [-0.2, 0) is 4.79 Å². The lowest BCUT2D eigenvalue weighted by atomic mass is 10.1. The van der Waals surface area contributed by atoms with Crippen LogP contribution in [-0.4, -0.2) is 17.6 Å². The molecule has 0 atom stereocenters. The van der Waals surface area contributed by atoms with E-state index in [1.807, 2.05) is 17.5 Å². The van der Waals surface area contributed by atoms with Gasteiger partial charge in [-0.15, -0.1) is 11.3 Å². The summed E-state index contributed by atoms with van der Waals surface area (Å²) < 4.78 is 5.06. The molecule has 0 saturated heterocycles. The molecule has 0 bridgehead atoms. The van der Waals surface area contributed by atoms with Gasteiger partial charge in [-0.05, 0) is 60.8 Å². The van der Waals surface area contributed by atoms with E-state index in [0.717, 1.165) is 4.88 Å². The first kappa shape index (κ1) is 18.3. The van der Waals surface area contributed by atoms with Gasteiger partial charge in [-0.3, -0.25) is 14.4 Å². The summed E-state index contributed by atoms with van der Waals surface area (Å²) in [4.78, 5) is 37.1. The molecule has 3 rings (SSSR count). The number of hydrogen-bond donors (Lipinski definition) is 2. The molecule has 0 radical (unpaired) electrons. The van der Waals surface area contributed by atoms with Crippen molar-refractivity contribution in [3.05, 3.63) is 82.1 Å². The highest BCUT2D eigenvalue weighted by molar-refractivity contribution is 7.10. The first-order valence-corrected chi connectivity index (χ1v) is 8.93. The Labute approximate surface area is 159 Å². The third-order valence-electron chi connectivity index (χ3n) is 3.62. The second-order valence-electron chi connectivity index (χ2n) is 5.59. The monoisotopic (exact) mass is 380 g/mol. The number of amides is 2. The van der Waals surface area contributed by atoms with E-state index in [1.54, 1.807) is 36.4 Å². The molecule has 0 aliphatic heterocycles. The van der Waals surface area contributed by atoms with Gasteiger partial charge >= 0.3 is 0 Å². The fourth-order valence-electron chi connectivity index (χ4n) is 2.25. The van der Waals surface area contributed by atoms with Gasteiger partial charge in [-0.2, -0.15) is 0 Å². The Kier molecular flexibility index (Phi) is 5.63. The smallest absolute Gasteiger partial charge is 0.291 e. The average molecular weight is 380 g/mol. The minimum atomic E-state index is -0.523. The van der Waals surface area contributed by atoms with Crippen molar-refractivity contribution in [1.29, 1.82) is 0 Å². The largest absolute Gasteiger partial charge is 0.459 e. The molecule has 1 aromatic carbocycles. The van der Waals surface area contributed by atoms with E-state index in [2.05, 4.69) is 10.6 Å². The van der Waals surface area contributed by atoms with Crippen LogP contribution in [0.4, 0.5) is 5.69 Å². The highest BCUT2D eigenvalue weighted by Gasteiger charge is 2.17. The van der Waals surface area contributed by atoms with Crippen molar-refractivity contribution < 1.29 is 18.8 Å². The molecule has 0 aliphatic carbocycles. The molecule has 6 nitrogen and oxygen atoms in total. The van der Waals surface area contributed by atoms with E-state index in [4.69, 9.17) is 4.42 Å². The Bertz CT molecular complexity index is 972. The van der Waals surface area contributed by atoms with Crippen molar-refractivity contribution in [2.75, 3.05) is 5.32 Å². The predicted octanol–water partition coefficient (Wildman–Crippen LogP) is 3.95. The summed E-state index contributed by atoms with van der Waals surface area (Å²) in [6, 6.07) is 13.3. The lowest BCUT2D eigenvalue weighted by Crippen LogP contribution is -2.30. The van der Waals surface area contributed by atoms with Crippen molar-refractivity contribution >= 4 is 40.7 Å². The molecule has 2 amide bonds. The molecule has 0 fully saturated rings. The normalized spacial score (nSPS) is 11.1. The van der Waals surface area contributed by atoms with E-state index in [1.165, 1.54) is 30.6 Å². The molecule has 27 heavy (non-hydrogen) atoms. The Morgan fingerprint density at radius 1 is 1.04 bits per heavy atom. The highest BCUT2D eigenvalue weighted by Crippen LogP contribution is 2.15. The lowest BCUT2D eigenvalue weighted by molar-refractivity contribution is -0.113. The lowest BCUT2D eigenvalue weighted by Gasteiger charge is -2.10. The Hall–Kier alpha value is -3.45.